The van der Waals surface area contributed by atoms with E-state index in [2.05, 4.69) is 42.6 Å². The zero-order valence-electron chi connectivity index (χ0n) is 16.5. The zero-order chi connectivity index (χ0) is 18.8. The molecule has 4 nitrogen and oxygen atoms in total. The third kappa shape index (κ3) is 3.27. The fourth-order valence-corrected chi connectivity index (χ4v) is 4.51. The Labute approximate surface area is 161 Å². The van der Waals surface area contributed by atoms with Gasteiger partial charge >= 0.3 is 0 Å². The van der Waals surface area contributed by atoms with Crippen molar-refractivity contribution >= 4 is 5.69 Å². The van der Waals surface area contributed by atoms with Crippen LogP contribution in [0.25, 0.3) is 0 Å². The standard InChI is InChI=1S/C23H29NO3/c1-4-15-11-12-19-18(14-15)22-16(9-7-13-27-22)21(24-19)17-8-6-10-20(26-5-2)23(17)25-3/h6,8,10-12,14,16,21-22,24H,4-5,7,9,13H2,1-3H3/t16-,21+,22-/m0/s1. The van der Waals surface area contributed by atoms with Crippen LogP contribution < -0.4 is 14.8 Å². The summed E-state index contributed by atoms with van der Waals surface area (Å²) in [5, 5.41) is 3.79. The molecule has 0 aliphatic carbocycles. The second-order valence-corrected chi connectivity index (χ2v) is 7.31. The average Bonchev–Trinajstić information content (AvgIpc) is 2.73. The minimum Gasteiger partial charge on any atom is -0.492 e. The summed E-state index contributed by atoms with van der Waals surface area (Å²) in [4.78, 5) is 0. The van der Waals surface area contributed by atoms with Crippen molar-refractivity contribution in [3.8, 4) is 11.5 Å². The molecule has 0 bridgehead atoms. The summed E-state index contributed by atoms with van der Waals surface area (Å²) in [6.07, 6.45) is 3.40. The van der Waals surface area contributed by atoms with Gasteiger partial charge in [-0.1, -0.05) is 31.2 Å². The SMILES string of the molecule is CCOc1cccc([C@@H]2Nc3ccc(CC)cc3[C@H]3OCCC[C@H]32)c1OC. The lowest BCUT2D eigenvalue weighted by molar-refractivity contribution is -0.0383. The Morgan fingerprint density at radius 2 is 2.04 bits per heavy atom. The fourth-order valence-electron chi connectivity index (χ4n) is 4.51. The number of nitrogens with one attached hydrogen (secondary N) is 1. The quantitative estimate of drug-likeness (QED) is 0.779. The van der Waals surface area contributed by atoms with Gasteiger partial charge in [-0.15, -0.1) is 0 Å². The van der Waals surface area contributed by atoms with Gasteiger partial charge in [-0.05, 0) is 43.9 Å². The Morgan fingerprint density at radius 1 is 1.15 bits per heavy atom. The monoisotopic (exact) mass is 367 g/mol. The maximum atomic E-state index is 6.30. The molecule has 2 aliphatic rings. The summed E-state index contributed by atoms with van der Waals surface area (Å²) in [7, 11) is 1.72. The first kappa shape index (κ1) is 18.2. The lowest BCUT2D eigenvalue weighted by atomic mass is 9.77. The Balaban J connectivity index is 1.78. The molecular weight excluding hydrogens is 338 g/mol. The Bertz CT molecular complexity index is 804. The number of ether oxygens (including phenoxy) is 3. The first-order valence-electron chi connectivity index (χ1n) is 10.1. The molecule has 144 valence electrons. The number of hydrogen-bond acceptors (Lipinski definition) is 4. The first-order valence-corrected chi connectivity index (χ1v) is 10.1. The van der Waals surface area contributed by atoms with Crippen molar-refractivity contribution in [2.45, 2.75) is 45.3 Å². The van der Waals surface area contributed by atoms with Crippen LogP contribution in [0.3, 0.4) is 0 Å². The molecule has 0 radical (unpaired) electrons. The third-order valence-electron chi connectivity index (χ3n) is 5.79. The number of anilines is 1. The summed E-state index contributed by atoms with van der Waals surface area (Å²) < 4.78 is 17.9. The number of benzene rings is 2. The third-order valence-corrected chi connectivity index (χ3v) is 5.79. The smallest absolute Gasteiger partial charge is 0.165 e. The molecule has 3 atom stereocenters. The maximum absolute atomic E-state index is 6.30. The highest BCUT2D eigenvalue weighted by Crippen LogP contribution is 2.51. The minimum absolute atomic E-state index is 0.131. The van der Waals surface area contributed by atoms with E-state index in [1.165, 1.54) is 16.8 Å². The molecule has 1 fully saturated rings. The van der Waals surface area contributed by atoms with E-state index in [0.717, 1.165) is 42.9 Å². The van der Waals surface area contributed by atoms with Crippen LogP contribution in [-0.4, -0.2) is 20.3 Å². The van der Waals surface area contributed by atoms with Crippen LogP contribution in [0.15, 0.2) is 36.4 Å². The number of methoxy groups -OCH3 is 1. The molecular formula is C23H29NO3. The summed E-state index contributed by atoms with van der Waals surface area (Å²) in [6, 6.07) is 13.1. The Morgan fingerprint density at radius 3 is 2.81 bits per heavy atom. The molecule has 1 N–H and O–H groups in total. The Hall–Kier alpha value is -2.20. The highest BCUT2D eigenvalue weighted by Gasteiger charge is 2.41. The van der Waals surface area contributed by atoms with Gasteiger partial charge in [0, 0.05) is 29.3 Å². The van der Waals surface area contributed by atoms with E-state index in [9.17, 15) is 0 Å². The molecule has 0 aromatic heterocycles. The van der Waals surface area contributed by atoms with Gasteiger partial charge < -0.3 is 19.5 Å². The average molecular weight is 367 g/mol. The molecule has 0 saturated carbocycles. The van der Waals surface area contributed by atoms with Crippen LogP contribution in [0.2, 0.25) is 0 Å². The largest absolute Gasteiger partial charge is 0.492 e. The lowest BCUT2D eigenvalue weighted by Crippen LogP contribution is -2.36. The highest BCUT2D eigenvalue weighted by molar-refractivity contribution is 5.60. The van der Waals surface area contributed by atoms with Gasteiger partial charge in [0.15, 0.2) is 11.5 Å². The van der Waals surface area contributed by atoms with E-state index < -0.39 is 0 Å². The number of aryl methyl sites for hydroxylation is 1. The van der Waals surface area contributed by atoms with Gasteiger partial charge in [-0.25, -0.2) is 0 Å². The van der Waals surface area contributed by atoms with Crippen molar-refractivity contribution in [3.63, 3.8) is 0 Å². The summed E-state index contributed by atoms with van der Waals surface area (Å²) in [5.41, 5.74) is 4.98. The maximum Gasteiger partial charge on any atom is 0.165 e. The molecule has 27 heavy (non-hydrogen) atoms. The second-order valence-electron chi connectivity index (χ2n) is 7.31. The number of rotatable bonds is 5. The van der Waals surface area contributed by atoms with Crippen molar-refractivity contribution in [1.29, 1.82) is 0 Å². The van der Waals surface area contributed by atoms with Gasteiger partial charge in [0.05, 0.1) is 25.9 Å². The molecule has 0 amide bonds. The summed E-state index contributed by atoms with van der Waals surface area (Å²) in [5.74, 6) is 2.01. The van der Waals surface area contributed by atoms with Crippen molar-refractivity contribution in [2.24, 2.45) is 5.92 Å². The summed E-state index contributed by atoms with van der Waals surface area (Å²) in [6.45, 7) is 5.65. The van der Waals surface area contributed by atoms with Crippen molar-refractivity contribution in [3.05, 3.63) is 53.1 Å². The zero-order valence-corrected chi connectivity index (χ0v) is 16.5. The van der Waals surface area contributed by atoms with Crippen LogP contribution in [0.5, 0.6) is 11.5 Å². The second kappa shape index (κ2) is 7.81. The molecule has 2 aromatic rings. The van der Waals surface area contributed by atoms with Crippen molar-refractivity contribution < 1.29 is 14.2 Å². The van der Waals surface area contributed by atoms with E-state index in [4.69, 9.17) is 14.2 Å². The molecule has 2 heterocycles. The van der Waals surface area contributed by atoms with Gasteiger partial charge in [-0.3, -0.25) is 0 Å². The van der Waals surface area contributed by atoms with Crippen LogP contribution in [0, 0.1) is 5.92 Å². The number of hydrogen-bond donors (Lipinski definition) is 1. The molecule has 4 heteroatoms. The fraction of sp³-hybridized carbons (Fsp3) is 0.478. The predicted octanol–water partition coefficient (Wildman–Crippen LogP) is 5.29. The van der Waals surface area contributed by atoms with Crippen LogP contribution in [-0.2, 0) is 11.2 Å². The topological polar surface area (TPSA) is 39.7 Å². The molecule has 4 rings (SSSR count). The van der Waals surface area contributed by atoms with E-state index in [-0.39, 0.29) is 12.1 Å². The van der Waals surface area contributed by atoms with Gasteiger partial charge in [0.25, 0.3) is 0 Å². The van der Waals surface area contributed by atoms with Crippen molar-refractivity contribution in [1.82, 2.24) is 0 Å². The minimum atomic E-state index is 0.131. The number of para-hydroxylation sites is 1. The summed E-state index contributed by atoms with van der Waals surface area (Å²) >= 11 is 0. The van der Waals surface area contributed by atoms with E-state index >= 15 is 0 Å². The number of fused-ring (bicyclic) bond motifs is 3. The lowest BCUT2D eigenvalue weighted by Gasteiger charge is -2.43. The van der Waals surface area contributed by atoms with E-state index in [1.807, 2.05) is 13.0 Å². The molecule has 0 spiro atoms. The first-order chi connectivity index (χ1) is 13.3. The normalized spacial score (nSPS) is 23.7. The van der Waals surface area contributed by atoms with E-state index in [0.29, 0.717) is 12.5 Å². The molecule has 2 aliphatic heterocycles. The van der Waals surface area contributed by atoms with Gasteiger partial charge in [0.2, 0.25) is 0 Å². The van der Waals surface area contributed by atoms with Crippen LogP contribution in [0.4, 0.5) is 5.69 Å². The molecule has 0 unspecified atom stereocenters. The van der Waals surface area contributed by atoms with E-state index in [1.54, 1.807) is 7.11 Å². The van der Waals surface area contributed by atoms with Gasteiger partial charge in [0.1, 0.15) is 0 Å². The Kier molecular flexibility index (Phi) is 5.26. The van der Waals surface area contributed by atoms with Crippen molar-refractivity contribution in [2.75, 3.05) is 25.6 Å². The van der Waals surface area contributed by atoms with Crippen LogP contribution >= 0.6 is 0 Å². The molecule has 1 saturated heterocycles. The predicted molar refractivity (Wildman–Crippen MR) is 108 cm³/mol. The van der Waals surface area contributed by atoms with Gasteiger partial charge in [-0.2, -0.15) is 0 Å². The van der Waals surface area contributed by atoms with Crippen LogP contribution in [0.1, 0.15) is 55.5 Å². The molecule has 2 aromatic carbocycles. The highest BCUT2D eigenvalue weighted by atomic mass is 16.5.